The summed E-state index contributed by atoms with van der Waals surface area (Å²) < 4.78 is 13.6. The molecule has 3 aromatic rings. The maximum atomic E-state index is 13.6. The molecule has 3 rings (SSSR count). The Hall–Kier alpha value is -2.38. The first kappa shape index (κ1) is 14.6. The summed E-state index contributed by atoms with van der Waals surface area (Å²) in [5.74, 6) is 0.613. The van der Waals surface area contributed by atoms with Crippen molar-refractivity contribution >= 4 is 22.7 Å². The van der Waals surface area contributed by atoms with Gasteiger partial charge in [0, 0.05) is 22.9 Å². The van der Waals surface area contributed by atoms with Crippen molar-refractivity contribution in [2.24, 2.45) is 0 Å². The second kappa shape index (κ2) is 6.17. The van der Waals surface area contributed by atoms with Crippen LogP contribution in [0.3, 0.4) is 0 Å². The third kappa shape index (κ3) is 2.68. The maximum Gasteiger partial charge on any atom is 0.123 e. The molecule has 1 heterocycles. The van der Waals surface area contributed by atoms with E-state index in [0.717, 1.165) is 16.9 Å². The molecule has 2 nitrogen and oxygen atoms in total. The summed E-state index contributed by atoms with van der Waals surface area (Å²) in [6, 6.07) is 14.7. The SMILES string of the molecule is CSCc1ccc(-c2c(C#N)cnc3ccc(F)cc23)cc1. The summed E-state index contributed by atoms with van der Waals surface area (Å²) in [7, 11) is 0. The van der Waals surface area contributed by atoms with E-state index >= 15 is 0 Å². The molecule has 0 aliphatic heterocycles. The Morgan fingerprint density at radius 1 is 1.18 bits per heavy atom. The fourth-order valence-electron chi connectivity index (χ4n) is 2.49. The fraction of sp³-hybridized carbons (Fsp3) is 0.111. The number of nitriles is 1. The molecule has 0 saturated carbocycles. The zero-order valence-electron chi connectivity index (χ0n) is 12.0. The molecule has 0 N–H and O–H groups in total. The molecule has 0 aliphatic carbocycles. The van der Waals surface area contributed by atoms with E-state index in [1.807, 2.05) is 24.3 Å². The van der Waals surface area contributed by atoms with Gasteiger partial charge < -0.3 is 0 Å². The fourth-order valence-corrected chi connectivity index (χ4v) is 3.02. The molecule has 0 saturated heterocycles. The lowest BCUT2D eigenvalue weighted by molar-refractivity contribution is 0.629. The minimum Gasteiger partial charge on any atom is -0.255 e. The molecule has 0 unspecified atom stereocenters. The molecule has 2 aromatic carbocycles. The molecule has 4 heteroatoms. The highest BCUT2D eigenvalue weighted by Crippen LogP contribution is 2.31. The molecule has 108 valence electrons. The molecule has 22 heavy (non-hydrogen) atoms. The number of halogens is 1. The molecule has 1 aromatic heterocycles. The van der Waals surface area contributed by atoms with Gasteiger partial charge in [-0.15, -0.1) is 0 Å². The second-order valence-electron chi connectivity index (χ2n) is 4.95. The number of benzene rings is 2. The van der Waals surface area contributed by atoms with E-state index in [9.17, 15) is 9.65 Å². The van der Waals surface area contributed by atoms with E-state index in [4.69, 9.17) is 0 Å². The minimum absolute atomic E-state index is 0.329. The average Bonchev–Trinajstić information content (AvgIpc) is 2.55. The standard InChI is InChI=1S/C18H13FN2S/c1-22-11-12-2-4-13(5-3-12)18-14(9-20)10-21-17-7-6-15(19)8-16(17)18/h2-8,10H,11H2,1H3. The number of hydrogen-bond donors (Lipinski definition) is 0. The van der Waals surface area contributed by atoms with Crippen molar-refractivity contribution < 1.29 is 4.39 Å². The molecule has 0 amide bonds. The van der Waals surface area contributed by atoms with E-state index in [1.54, 1.807) is 24.0 Å². The Labute approximate surface area is 132 Å². The zero-order valence-corrected chi connectivity index (χ0v) is 12.8. The van der Waals surface area contributed by atoms with Crippen molar-refractivity contribution in [2.45, 2.75) is 5.75 Å². The summed E-state index contributed by atoms with van der Waals surface area (Å²) in [4.78, 5) is 4.23. The largest absolute Gasteiger partial charge is 0.255 e. The van der Waals surface area contributed by atoms with Crippen LogP contribution in [0.5, 0.6) is 0 Å². The van der Waals surface area contributed by atoms with Crippen LogP contribution in [0.25, 0.3) is 22.0 Å². The van der Waals surface area contributed by atoms with Gasteiger partial charge in [-0.3, -0.25) is 4.98 Å². The summed E-state index contributed by atoms with van der Waals surface area (Å²) in [6.07, 6.45) is 3.60. The van der Waals surface area contributed by atoms with E-state index in [0.29, 0.717) is 16.5 Å². The number of thioether (sulfide) groups is 1. The molecular formula is C18H13FN2S. The van der Waals surface area contributed by atoms with Crippen molar-refractivity contribution in [2.75, 3.05) is 6.26 Å². The molecule has 0 fully saturated rings. The van der Waals surface area contributed by atoms with Gasteiger partial charge >= 0.3 is 0 Å². The molecule has 0 atom stereocenters. The van der Waals surface area contributed by atoms with Gasteiger partial charge in [-0.1, -0.05) is 24.3 Å². The van der Waals surface area contributed by atoms with Crippen molar-refractivity contribution in [3.8, 4) is 17.2 Å². The smallest absolute Gasteiger partial charge is 0.123 e. The average molecular weight is 308 g/mol. The minimum atomic E-state index is -0.329. The maximum absolute atomic E-state index is 13.6. The highest BCUT2D eigenvalue weighted by atomic mass is 32.2. The number of nitrogens with zero attached hydrogens (tertiary/aromatic N) is 2. The molecular weight excluding hydrogens is 295 g/mol. The van der Waals surface area contributed by atoms with Crippen molar-refractivity contribution in [1.29, 1.82) is 5.26 Å². The number of rotatable bonds is 3. The van der Waals surface area contributed by atoms with Crippen LogP contribution in [0.2, 0.25) is 0 Å². The molecule has 0 bridgehead atoms. The van der Waals surface area contributed by atoms with Gasteiger partial charge in [0.05, 0.1) is 11.1 Å². The first-order chi connectivity index (χ1) is 10.7. The number of aromatic nitrogens is 1. The predicted octanol–water partition coefficient (Wildman–Crippen LogP) is 4.78. The van der Waals surface area contributed by atoms with Gasteiger partial charge in [-0.25, -0.2) is 4.39 Å². The monoisotopic (exact) mass is 308 g/mol. The number of hydrogen-bond acceptors (Lipinski definition) is 3. The van der Waals surface area contributed by atoms with Crippen LogP contribution in [0.4, 0.5) is 4.39 Å². The van der Waals surface area contributed by atoms with Gasteiger partial charge in [0.25, 0.3) is 0 Å². The quantitative estimate of drug-likeness (QED) is 0.699. The summed E-state index contributed by atoms with van der Waals surface area (Å²) in [5, 5.41) is 10.0. The van der Waals surface area contributed by atoms with Crippen molar-refractivity contribution in [3.63, 3.8) is 0 Å². The van der Waals surface area contributed by atoms with Crippen LogP contribution in [0, 0.1) is 17.1 Å². The summed E-state index contributed by atoms with van der Waals surface area (Å²) in [5.41, 5.74) is 4.00. The lowest BCUT2D eigenvalue weighted by atomic mass is 9.96. The summed E-state index contributed by atoms with van der Waals surface area (Å²) >= 11 is 1.76. The molecule has 0 aliphatic rings. The Bertz CT molecular complexity index is 867. The topological polar surface area (TPSA) is 36.7 Å². The highest BCUT2D eigenvalue weighted by molar-refractivity contribution is 7.97. The number of pyridine rings is 1. The normalized spacial score (nSPS) is 10.6. The second-order valence-corrected chi connectivity index (χ2v) is 5.82. The predicted molar refractivity (Wildman–Crippen MR) is 89.1 cm³/mol. The van der Waals surface area contributed by atoms with Crippen LogP contribution in [0.15, 0.2) is 48.7 Å². The van der Waals surface area contributed by atoms with Gasteiger partial charge in [-0.05, 0) is 35.6 Å². The molecule has 0 spiro atoms. The van der Waals surface area contributed by atoms with Crippen LogP contribution in [-0.2, 0) is 5.75 Å². The Kier molecular flexibility index (Phi) is 4.08. The van der Waals surface area contributed by atoms with E-state index in [1.165, 1.54) is 17.7 Å². The first-order valence-electron chi connectivity index (χ1n) is 6.79. The van der Waals surface area contributed by atoms with Gasteiger partial charge in [-0.2, -0.15) is 17.0 Å². The Balaban J connectivity index is 2.23. The van der Waals surface area contributed by atoms with Gasteiger partial charge in [0.1, 0.15) is 11.9 Å². The summed E-state index contributed by atoms with van der Waals surface area (Å²) in [6.45, 7) is 0. The van der Waals surface area contributed by atoms with Crippen LogP contribution >= 0.6 is 11.8 Å². The number of fused-ring (bicyclic) bond motifs is 1. The van der Waals surface area contributed by atoms with Gasteiger partial charge in [0.2, 0.25) is 0 Å². The van der Waals surface area contributed by atoms with E-state index < -0.39 is 0 Å². The van der Waals surface area contributed by atoms with Crippen molar-refractivity contribution in [3.05, 3.63) is 65.6 Å². The Morgan fingerprint density at radius 2 is 1.95 bits per heavy atom. The lowest BCUT2D eigenvalue weighted by Crippen LogP contribution is -1.91. The van der Waals surface area contributed by atoms with Crippen LogP contribution in [0.1, 0.15) is 11.1 Å². The van der Waals surface area contributed by atoms with Crippen molar-refractivity contribution in [1.82, 2.24) is 4.98 Å². The lowest BCUT2D eigenvalue weighted by Gasteiger charge is -2.09. The first-order valence-corrected chi connectivity index (χ1v) is 8.19. The van der Waals surface area contributed by atoms with Gasteiger partial charge in [0.15, 0.2) is 0 Å². The van der Waals surface area contributed by atoms with E-state index in [-0.39, 0.29) is 5.82 Å². The third-order valence-corrected chi connectivity index (χ3v) is 4.13. The zero-order chi connectivity index (χ0) is 15.5. The Morgan fingerprint density at radius 3 is 2.64 bits per heavy atom. The third-order valence-electron chi connectivity index (χ3n) is 3.50. The van der Waals surface area contributed by atoms with Crippen LogP contribution in [-0.4, -0.2) is 11.2 Å². The highest BCUT2D eigenvalue weighted by Gasteiger charge is 2.12. The molecule has 0 radical (unpaired) electrons. The van der Waals surface area contributed by atoms with E-state index in [2.05, 4.69) is 17.3 Å². The van der Waals surface area contributed by atoms with Crippen LogP contribution < -0.4 is 0 Å².